The number of nitrogens with zero attached hydrogens (tertiary/aromatic N) is 5. The average Bonchev–Trinajstić information content (AvgIpc) is 3.27. The molecule has 0 spiro atoms. The Balaban J connectivity index is 1.32. The van der Waals surface area contributed by atoms with Crippen LogP contribution in [0.15, 0.2) is 73.3 Å². The fourth-order valence-electron chi connectivity index (χ4n) is 4.08. The van der Waals surface area contributed by atoms with E-state index in [2.05, 4.69) is 64.5 Å². The van der Waals surface area contributed by atoms with Crippen molar-refractivity contribution in [1.82, 2.24) is 24.6 Å². The van der Waals surface area contributed by atoms with Crippen LogP contribution in [0.4, 0.5) is 0 Å². The van der Waals surface area contributed by atoms with Crippen molar-refractivity contribution in [1.29, 1.82) is 0 Å². The fraction of sp³-hybridized carbons (Fsp3) is 0.240. The monoisotopic (exact) mass is 411 g/mol. The molecule has 2 aromatic carbocycles. The number of pyridine rings is 1. The number of piperazine rings is 1. The third kappa shape index (κ3) is 4.07. The first-order valence-corrected chi connectivity index (χ1v) is 10.6. The van der Waals surface area contributed by atoms with Crippen molar-refractivity contribution in [3.63, 3.8) is 0 Å². The number of fused-ring (bicyclic) bond motifs is 1. The van der Waals surface area contributed by atoms with Gasteiger partial charge in [-0.1, -0.05) is 48.5 Å². The first-order chi connectivity index (χ1) is 15.2. The van der Waals surface area contributed by atoms with E-state index in [1.165, 1.54) is 5.39 Å². The average molecular weight is 412 g/mol. The fourth-order valence-corrected chi connectivity index (χ4v) is 4.08. The second-order valence-electron chi connectivity index (χ2n) is 8.10. The van der Waals surface area contributed by atoms with Crippen LogP contribution >= 0.6 is 0 Å². The molecular weight excluding hydrogens is 386 g/mol. The lowest BCUT2D eigenvalue weighted by Gasteiger charge is -2.32. The summed E-state index contributed by atoms with van der Waals surface area (Å²) in [5.74, 6) is 0.126. The van der Waals surface area contributed by atoms with Crippen LogP contribution in [0.25, 0.3) is 33.0 Å². The largest absolute Gasteiger partial charge is 0.339 e. The molecule has 0 aliphatic carbocycles. The highest BCUT2D eigenvalue weighted by Gasteiger charge is 2.19. The van der Waals surface area contributed by atoms with Crippen LogP contribution in [0.1, 0.15) is 0 Å². The zero-order chi connectivity index (χ0) is 21.2. The van der Waals surface area contributed by atoms with Gasteiger partial charge < -0.3 is 9.80 Å². The van der Waals surface area contributed by atoms with E-state index in [-0.39, 0.29) is 12.5 Å². The lowest BCUT2D eigenvalue weighted by molar-refractivity contribution is -0.133. The zero-order valence-corrected chi connectivity index (χ0v) is 17.6. The van der Waals surface area contributed by atoms with Gasteiger partial charge in [0, 0.05) is 61.3 Å². The van der Waals surface area contributed by atoms with Gasteiger partial charge in [0.1, 0.15) is 6.54 Å². The van der Waals surface area contributed by atoms with Crippen molar-refractivity contribution in [2.45, 2.75) is 6.54 Å². The number of rotatable bonds is 4. The maximum absolute atomic E-state index is 12.6. The Morgan fingerprint density at radius 2 is 1.61 bits per heavy atom. The molecule has 0 bridgehead atoms. The van der Waals surface area contributed by atoms with Gasteiger partial charge in [-0.2, -0.15) is 5.10 Å². The Labute approximate surface area is 181 Å². The molecule has 0 saturated carbocycles. The van der Waals surface area contributed by atoms with Crippen molar-refractivity contribution in [3.8, 4) is 22.3 Å². The second kappa shape index (κ2) is 8.32. The maximum atomic E-state index is 12.6. The van der Waals surface area contributed by atoms with Crippen molar-refractivity contribution in [3.05, 3.63) is 73.3 Å². The van der Waals surface area contributed by atoms with Gasteiger partial charge in [0.2, 0.25) is 5.91 Å². The summed E-state index contributed by atoms with van der Waals surface area (Å²) in [7, 11) is 2.09. The number of amides is 1. The van der Waals surface area contributed by atoms with Gasteiger partial charge in [-0.3, -0.25) is 14.5 Å². The molecule has 5 rings (SSSR count). The number of benzene rings is 2. The van der Waals surface area contributed by atoms with Gasteiger partial charge in [0.25, 0.3) is 0 Å². The SMILES string of the molecule is CN1CCN(C(=O)Cn2cc(-c3ccc(-c4cncc5ccccc45)cc3)cn2)CC1. The molecule has 6 nitrogen and oxygen atoms in total. The van der Waals surface area contributed by atoms with Crippen molar-refractivity contribution >= 4 is 16.7 Å². The van der Waals surface area contributed by atoms with E-state index in [9.17, 15) is 4.79 Å². The van der Waals surface area contributed by atoms with Gasteiger partial charge in [0.15, 0.2) is 0 Å². The van der Waals surface area contributed by atoms with E-state index in [4.69, 9.17) is 0 Å². The molecule has 1 aliphatic rings. The summed E-state index contributed by atoms with van der Waals surface area (Å²) < 4.78 is 1.73. The Bertz CT molecular complexity index is 1200. The maximum Gasteiger partial charge on any atom is 0.244 e. The van der Waals surface area contributed by atoms with E-state index in [0.717, 1.165) is 53.8 Å². The molecule has 6 heteroatoms. The summed E-state index contributed by atoms with van der Waals surface area (Å²) in [6, 6.07) is 16.7. The predicted molar refractivity (Wildman–Crippen MR) is 122 cm³/mol. The molecule has 2 aromatic heterocycles. The Morgan fingerprint density at radius 1 is 0.871 bits per heavy atom. The van der Waals surface area contributed by atoms with E-state index in [1.54, 1.807) is 4.68 Å². The highest BCUT2D eigenvalue weighted by atomic mass is 16.2. The summed E-state index contributed by atoms with van der Waals surface area (Å²) in [5, 5.41) is 6.74. The van der Waals surface area contributed by atoms with Gasteiger partial charge >= 0.3 is 0 Å². The highest BCUT2D eigenvalue weighted by Crippen LogP contribution is 2.29. The van der Waals surface area contributed by atoms with Gasteiger partial charge in [-0.15, -0.1) is 0 Å². The minimum atomic E-state index is 0.126. The summed E-state index contributed by atoms with van der Waals surface area (Å²) in [4.78, 5) is 21.1. The Hall–Kier alpha value is -3.51. The van der Waals surface area contributed by atoms with Gasteiger partial charge in [0.05, 0.1) is 6.20 Å². The summed E-state index contributed by atoms with van der Waals surface area (Å²) in [6.45, 7) is 3.70. The van der Waals surface area contributed by atoms with Crippen LogP contribution in [-0.2, 0) is 11.3 Å². The number of hydrogen-bond donors (Lipinski definition) is 0. The first kappa shape index (κ1) is 19.5. The second-order valence-corrected chi connectivity index (χ2v) is 8.10. The summed E-state index contributed by atoms with van der Waals surface area (Å²) in [5.41, 5.74) is 4.34. The molecule has 1 aliphatic heterocycles. The molecule has 156 valence electrons. The molecule has 0 atom stereocenters. The number of carbonyl (C=O) groups excluding carboxylic acids is 1. The number of carbonyl (C=O) groups is 1. The van der Waals surface area contributed by atoms with Crippen molar-refractivity contribution in [2.24, 2.45) is 0 Å². The molecule has 0 N–H and O–H groups in total. The lowest BCUT2D eigenvalue weighted by Crippen LogP contribution is -2.48. The standard InChI is InChI=1S/C25H25N5O/c1-28-10-12-29(13-11-28)25(31)18-30-17-22(15-27-30)19-6-8-20(9-7-19)24-16-26-14-21-4-2-3-5-23(21)24/h2-9,14-17H,10-13,18H2,1H3. The number of likely N-dealkylation sites (N-methyl/N-ethyl adjacent to an activating group) is 1. The molecule has 0 unspecified atom stereocenters. The predicted octanol–water partition coefficient (Wildman–Crippen LogP) is 3.54. The van der Waals surface area contributed by atoms with Crippen LogP contribution in [0.2, 0.25) is 0 Å². The third-order valence-electron chi connectivity index (χ3n) is 5.98. The minimum Gasteiger partial charge on any atom is -0.339 e. The van der Waals surface area contributed by atoms with E-state index < -0.39 is 0 Å². The molecule has 0 radical (unpaired) electrons. The third-order valence-corrected chi connectivity index (χ3v) is 5.98. The van der Waals surface area contributed by atoms with Crippen molar-refractivity contribution in [2.75, 3.05) is 33.2 Å². The molecule has 1 amide bonds. The van der Waals surface area contributed by atoms with Crippen LogP contribution in [0.5, 0.6) is 0 Å². The number of aromatic nitrogens is 3. The topological polar surface area (TPSA) is 54.3 Å². The van der Waals surface area contributed by atoms with Crippen LogP contribution in [0, 0.1) is 0 Å². The van der Waals surface area contributed by atoms with Crippen molar-refractivity contribution < 1.29 is 4.79 Å². The summed E-state index contributed by atoms with van der Waals surface area (Å²) >= 11 is 0. The van der Waals surface area contributed by atoms with E-state index in [0.29, 0.717) is 0 Å². The normalized spacial score (nSPS) is 14.8. The lowest BCUT2D eigenvalue weighted by atomic mass is 9.99. The molecular formula is C25H25N5O. The Morgan fingerprint density at radius 3 is 2.42 bits per heavy atom. The minimum absolute atomic E-state index is 0.126. The van der Waals surface area contributed by atoms with E-state index in [1.807, 2.05) is 35.8 Å². The highest BCUT2D eigenvalue weighted by molar-refractivity contribution is 5.95. The van der Waals surface area contributed by atoms with E-state index >= 15 is 0 Å². The first-order valence-electron chi connectivity index (χ1n) is 10.6. The zero-order valence-electron chi connectivity index (χ0n) is 17.6. The van der Waals surface area contributed by atoms with Crippen LogP contribution in [0.3, 0.4) is 0 Å². The van der Waals surface area contributed by atoms with Crippen LogP contribution in [-0.4, -0.2) is 63.7 Å². The quantitative estimate of drug-likeness (QED) is 0.515. The number of hydrogen-bond acceptors (Lipinski definition) is 4. The Kier molecular flexibility index (Phi) is 5.22. The van der Waals surface area contributed by atoms with Gasteiger partial charge in [-0.25, -0.2) is 0 Å². The van der Waals surface area contributed by atoms with Crippen LogP contribution < -0.4 is 0 Å². The molecule has 1 saturated heterocycles. The molecule has 4 aromatic rings. The molecule has 3 heterocycles. The molecule has 1 fully saturated rings. The smallest absolute Gasteiger partial charge is 0.244 e. The molecule has 31 heavy (non-hydrogen) atoms. The summed E-state index contributed by atoms with van der Waals surface area (Å²) in [6.07, 6.45) is 7.58. The van der Waals surface area contributed by atoms with Gasteiger partial charge in [-0.05, 0) is 23.6 Å².